The van der Waals surface area contributed by atoms with Crippen LogP contribution in [0.4, 0.5) is 0 Å². The van der Waals surface area contributed by atoms with Crippen LogP contribution in [0.25, 0.3) is 11.4 Å². The van der Waals surface area contributed by atoms with Gasteiger partial charge >= 0.3 is 0 Å². The molecule has 0 aliphatic rings. The zero-order valence-electron chi connectivity index (χ0n) is 9.60. The smallest absolute Gasteiger partial charge is 0.188 e. The van der Waals surface area contributed by atoms with Crippen LogP contribution in [0.3, 0.4) is 0 Å². The molecule has 0 unspecified atom stereocenters. The van der Waals surface area contributed by atoms with E-state index in [1.807, 2.05) is 28.8 Å². The quantitative estimate of drug-likeness (QED) is 0.857. The maximum absolute atomic E-state index is 5.98. The van der Waals surface area contributed by atoms with Gasteiger partial charge in [-0.15, -0.1) is 22.8 Å². The van der Waals surface area contributed by atoms with E-state index in [0.717, 1.165) is 30.8 Å². The molecule has 0 aliphatic carbocycles. The summed E-state index contributed by atoms with van der Waals surface area (Å²) in [4.78, 5) is 0. The van der Waals surface area contributed by atoms with E-state index in [1.54, 1.807) is 0 Å². The predicted octanol–water partition coefficient (Wildman–Crippen LogP) is 3.69. The van der Waals surface area contributed by atoms with Gasteiger partial charge in [0.2, 0.25) is 0 Å². The summed E-state index contributed by atoms with van der Waals surface area (Å²) in [5.41, 5.74) is 0.974. The first-order valence-electron chi connectivity index (χ1n) is 5.60. The van der Waals surface area contributed by atoms with Crippen molar-refractivity contribution in [2.75, 3.05) is 0 Å². The molecule has 2 rings (SSSR count). The average molecular weight is 268 g/mol. The molecule has 2 aromatic rings. The van der Waals surface area contributed by atoms with Crippen LogP contribution in [0, 0.1) is 0 Å². The first kappa shape index (κ1) is 12.5. The fourth-order valence-corrected chi connectivity index (χ4v) is 2.09. The number of hydrogen-bond donors (Lipinski definition) is 1. The van der Waals surface area contributed by atoms with Gasteiger partial charge in [0.05, 0.1) is 0 Å². The molecule has 0 N–H and O–H groups in total. The first-order chi connectivity index (χ1) is 8.22. The normalized spacial score (nSPS) is 10.8. The molecule has 1 aromatic heterocycles. The molecular formula is C12H14ClN3S. The second-order valence-electron chi connectivity index (χ2n) is 3.84. The van der Waals surface area contributed by atoms with E-state index in [-0.39, 0.29) is 0 Å². The minimum Gasteiger partial charge on any atom is -0.302 e. The Bertz CT molecular complexity index is 510. The van der Waals surface area contributed by atoms with Gasteiger partial charge in [-0.05, 0) is 18.6 Å². The zero-order valence-corrected chi connectivity index (χ0v) is 11.2. The average Bonchev–Trinajstić information content (AvgIpc) is 2.68. The van der Waals surface area contributed by atoms with Crippen LogP contribution in [0.2, 0.25) is 5.02 Å². The van der Waals surface area contributed by atoms with E-state index in [2.05, 4.69) is 29.7 Å². The summed E-state index contributed by atoms with van der Waals surface area (Å²) in [5.74, 6) is 0.825. The molecule has 0 amide bonds. The van der Waals surface area contributed by atoms with Gasteiger partial charge in [0.25, 0.3) is 0 Å². The minimum atomic E-state index is 0.647. The van der Waals surface area contributed by atoms with Gasteiger partial charge in [-0.25, -0.2) is 0 Å². The molecule has 1 heterocycles. The number of rotatable bonds is 4. The molecule has 5 heteroatoms. The SMILES string of the molecule is CCCCn1c(S)nnc1-c1cccc(Cl)c1. The number of halogens is 1. The molecule has 0 fully saturated rings. The molecule has 0 radical (unpaired) electrons. The Balaban J connectivity index is 2.38. The molecule has 0 aliphatic heterocycles. The number of thiol groups is 1. The van der Waals surface area contributed by atoms with Crippen molar-refractivity contribution < 1.29 is 0 Å². The van der Waals surface area contributed by atoms with Crippen molar-refractivity contribution in [3.63, 3.8) is 0 Å². The van der Waals surface area contributed by atoms with Crippen molar-refractivity contribution >= 4 is 24.2 Å². The molecule has 0 saturated heterocycles. The lowest BCUT2D eigenvalue weighted by molar-refractivity contribution is 0.593. The molecule has 3 nitrogen and oxygen atoms in total. The lowest BCUT2D eigenvalue weighted by atomic mass is 10.2. The van der Waals surface area contributed by atoms with Crippen LogP contribution in [0.5, 0.6) is 0 Å². The van der Waals surface area contributed by atoms with E-state index in [4.69, 9.17) is 11.6 Å². The summed E-state index contributed by atoms with van der Waals surface area (Å²) < 4.78 is 2.01. The van der Waals surface area contributed by atoms with E-state index in [1.165, 1.54) is 0 Å². The van der Waals surface area contributed by atoms with Crippen molar-refractivity contribution in [1.82, 2.24) is 14.8 Å². The second kappa shape index (κ2) is 5.56. The topological polar surface area (TPSA) is 30.7 Å². The highest BCUT2D eigenvalue weighted by molar-refractivity contribution is 7.80. The van der Waals surface area contributed by atoms with E-state index in [0.29, 0.717) is 10.2 Å². The Hall–Kier alpha value is -1.00. The van der Waals surface area contributed by atoms with Gasteiger partial charge < -0.3 is 4.57 Å². The van der Waals surface area contributed by atoms with E-state index < -0.39 is 0 Å². The molecule has 0 spiro atoms. The van der Waals surface area contributed by atoms with Crippen LogP contribution in [-0.2, 0) is 6.54 Å². The molecule has 0 bridgehead atoms. The molecule has 17 heavy (non-hydrogen) atoms. The molecule has 1 aromatic carbocycles. The fourth-order valence-electron chi connectivity index (χ4n) is 1.66. The van der Waals surface area contributed by atoms with Crippen LogP contribution in [0.15, 0.2) is 29.4 Å². The maximum Gasteiger partial charge on any atom is 0.188 e. The second-order valence-corrected chi connectivity index (χ2v) is 4.68. The van der Waals surface area contributed by atoms with Crippen LogP contribution in [0.1, 0.15) is 19.8 Å². The minimum absolute atomic E-state index is 0.647. The van der Waals surface area contributed by atoms with Gasteiger partial charge in [0.15, 0.2) is 11.0 Å². The third-order valence-corrected chi connectivity index (χ3v) is 3.12. The number of hydrogen-bond acceptors (Lipinski definition) is 3. The monoisotopic (exact) mass is 267 g/mol. The summed E-state index contributed by atoms with van der Waals surface area (Å²) in [5, 5.41) is 9.52. The van der Waals surface area contributed by atoms with Crippen molar-refractivity contribution in [2.24, 2.45) is 0 Å². The van der Waals surface area contributed by atoms with Crippen molar-refractivity contribution in [3.05, 3.63) is 29.3 Å². The number of aromatic nitrogens is 3. The number of nitrogens with zero attached hydrogens (tertiary/aromatic N) is 3. The predicted molar refractivity (Wildman–Crippen MR) is 72.6 cm³/mol. The van der Waals surface area contributed by atoms with E-state index >= 15 is 0 Å². The van der Waals surface area contributed by atoms with Crippen LogP contribution < -0.4 is 0 Å². The summed E-state index contributed by atoms with van der Waals surface area (Å²) in [6, 6.07) is 7.63. The third-order valence-electron chi connectivity index (χ3n) is 2.55. The third kappa shape index (κ3) is 2.82. The lowest BCUT2D eigenvalue weighted by Crippen LogP contribution is -2.01. The van der Waals surface area contributed by atoms with Crippen LogP contribution >= 0.6 is 24.2 Å². The Labute approximate surface area is 111 Å². The number of unbranched alkanes of at least 4 members (excludes halogenated alkanes) is 1. The summed E-state index contributed by atoms with van der Waals surface area (Å²) in [7, 11) is 0. The Morgan fingerprint density at radius 2 is 2.18 bits per heavy atom. The Morgan fingerprint density at radius 1 is 1.35 bits per heavy atom. The standard InChI is InChI=1S/C12H14ClN3S/c1-2-3-7-16-11(14-15-12(16)17)9-5-4-6-10(13)8-9/h4-6,8H,2-3,7H2,1H3,(H,15,17). The van der Waals surface area contributed by atoms with Gasteiger partial charge in [-0.2, -0.15) is 0 Å². The van der Waals surface area contributed by atoms with Gasteiger partial charge in [0.1, 0.15) is 0 Å². The lowest BCUT2D eigenvalue weighted by Gasteiger charge is -2.07. The van der Waals surface area contributed by atoms with Gasteiger partial charge in [-0.3, -0.25) is 0 Å². The fraction of sp³-hybridized carbons (Fsp3) is 0.333. The molecular weight excluding hydrogens is 254 g/mol. The highest BCUT2D eigenvalue weighted by Gasteiger charge is 2.11. The highest BCUT2D eigenvalue weighted by atomic mass is 35.5. The van der Waals surface area contributed by atoms with Gasteiger partial charge in [0, 0.05) is 17.1 Å². The van der Waals surface area contributed by atoms with Crippen molar-refractivity contribution in [1.29, 1.82) is 0 Å². The molecule has 0 saturated carbocycles. The van der Waals surface area contributed by atoms with Gasteiger partial charge in [-0.1, -0.05) is 37.1 Å². The summed E-state index contributed by atoms with van der Waals surface area (Å²) >= 11 is 10.3. The maximum atomic E-state index is 5.98. The molecule has 0 atom stereocenters. The molecule has 90 valence electrons. The summed E-state index contributed by atoms with van der Waals surface area (Å²) in [6.45, 7) is 3.03. The Morgan fingerprint density at radius 3 is 2.88 bits per heavy atom. The van der Waals surface area contributed by atoms with Crippen LogP contribution in [-0.4, -0.2) is 14.8 Å². The highest BCUT2D eigenvalue weighted by Crippen LogP contribution is 2.23. The largest absolute Gasteiger partial charge is 0.302 e. The van der Waals surface area contributed by atoms with Crippen molar-refractivity contribution in [2.45, 2.75) is 31.5 Å². The zero-order chi connectivity index (χ0) is 12.3. The summed E-state index contributed by atoms with van der Waals surface area (Å²) in [6.07, 6.45) is 2.21. The number of benzene rings is 1. The Kier molecular flexibility index (Phi) is 4.07. The van der Waals surface area contributed by atoms with E-state index in [9.17, 15) is 0 Å². The van der Waals surface area contributed by atoms with Crippen molar-refractivity contribution in [3.8, 4) is 11.4 Å². The first-order valence-corrected chi connectivity index (χ1v) is 6.43.